The Balaban J connectivity index is 1.83. The Bertz CT molecular complexity index is 626. The average Bonchev–Trinajstić information content (AvgIpc) is 2.90. The second-order valence-corrected chi connectivity index (χ2v) is 5.51. The molecule has 2 heterocycles. The molecule has 0 bridgehead atoms. The molecule has 20 heavy (non-hydrogen) atoms. The summed E-state index contributed by atoms with van der Waals surface area (Å²) in [6.07, 6.45) is 3.32. The number of para-hydroxylation sites is 1. The molecule has 0 N–H and O–H groups in total. The van der Waals surface area contributed by atoms with Crippen molar-refractivity contribution in [2.75, 3.05) is 11.2 Å². The smallest absolute Gasteiger partial charge is 0.246 e. The molecule has 1 aromatic carbocycles. The third-order valence-electron chi connectivity index (χ3n) is 3.27. The highest BCUT2D eigenvalue weighted by Gasteiger charge is 2.25. The van der Waals surface area contributed by atoms with Crippen LogP contribution in [0.25, 0.3) is 0 Å². The molecule has 1 aromatic heterocycles. The Kier molecular flexibility index (Phi) is 3.73. The van der Waals surface area contributed by atoms with E-state index in [9.17, 15) is 4.79 Å². The summed E-state index contributed by atoms with van der Waals surface area (Å²) in [4.78, 5) is 18.2. The Morgan fingerprint density at radius 3 is 3.05 bits per heavy atom. The predicted octanol–water partition coefficient (Wildman–Crippen LogP) is 2.41. The number of aryl methyl sites for hydroxylation is 1. The van der Waals surface area contributed by atoms with Crippen LogP contribution >= 0.6 is 11.8 Å². The van der Waals surface area contributed by atoms with Gasteiger partial charge < -0.3 is 9.42 Å². The number of hydrogen-bond acceptors (Lipinski definition) is 5. The lowest BCUT2D eigenvalue weighted by molar-refractivity contribution is -0.119. The van der Waals surface area contributed by atoms with Crippen LogP contribution in [0.2, 0.25) is 0 Å². The Hall–Kier alpha value is -1.82. The fourth-order valence-electron chi connectivity index (χ4n) is 2.35. The lowest BCUT2D eigenvalue weighted by Crippen LogP contribution is -2.34. The molecule has 5 nitrogen and oxygen atoms in total. The van der Waals surface area contributed by atoms with Crippen LogP contribution in [0.5, 0.6) is 0 Å². The van der Waals surface area contributed by atoms with Crippen LogP contribution in [-0.2, 0) is 23.5 Å². The standard InChI is InChI=1S/C14H15N3O2S/c1-20-9-12-15-13(19-16-12)8-17-11-5-3-2-4-10(11)6-7-14(17)18/h2-5H,6-9H2,1H3. The van der Waals surface area contributed by atoms with Crippen molar-refractivity contribution in [2.45, 2.75) is 25.1 Å². The molecule has 0 fully saturated rings. The summed E-state index contributed by atoms with van der Waals surface area (Å²) >= 11 is 1.64. The van der Waals surface area contributed by atoms with Gasteiger partial charge in [-0.2, -0.15) is 16.7 Å². The van der Waals surface area contributed by atoms with Gasteiger partial charge in [-0.15, -0.1) is 0 Å². The fraction of sp³-hybridized carbons (Fsp3) is 0.357. The number of benzene rings is 1. The van der Waals surface area contributed by atoms with E-state index < -0.39 is 0 Å². The molecule has 0 spiro atoms. The van der Waals surface area contributed by atoms with Gasteiger partial charge in [0.1, 0.15) is 6.54 Å². The lowest BCUT2D eigenvalue weighted by Gasteiger charge is -2.28. The van der Waals surface area contributed by atoms with Crippen LogP contribution < -0.4 is 4.90 Å². The van der Waals surface area contributed by atoms with Crippen molar-refractivity contribution in [3.05, 3.63) is 41.5 Å². The van der Waals surface area contributed by atoms with Crippen molar-refractivity contribution in [3.63, 3.8) is 0 Å². The molecule has 0 radical (unpaired) electrons. The summed E-state index contributed by atoms with van der Waals surface area (Å²) in [5.74, 6) is 1.98. The van der Waals surface area contributed by atoms with Crippen molar-refractivity contribution >= 4 is 23.4 Å². The first-order valence-corrected chi connectivity index (χ1v) is 7.86. The molecule has 0 saturated carbocycles. The monoisotopic (exact) mass is 289 g/mol. The molecule has 0 saturated heterocycles. The third kappa shape index (κ3) is 2.56. The Morgan fingerprint density at radius 2 is 2.20 bits per heavy atom. The molecule has 1 aliphatic heterocycles. The van der Waals surface area contributed by atoms with Crippen LogP contribution in [0.15, 0.2) is 28.8 Å². The number of rotatable bonds is 4. The number of fused-ring (bicyclic) bond motifs is 1. The van der Waals surface area contributed by atoms with Crippen LogP contribution in [-0.4, -0.2) is 22.3 Å². The zero-order chi connectivity index (χ0) is 13.9. The van der Waals surface area contributed by atoms with E-state index in [1.807, 2.05) is 24.5 Å². The van der Waals surface area contributed by atoms with Crippen molar-refractivity contribution < 1.29 is 9.32 Å². The van der Waals surface area contributed by atoms with Crippen LogP contribution in [0.3, 0.4) is 0 Å². The van der Waals surface area contributed by atoms with E-state index in [0.29, 0.717) is 30.4 Å². The lowest BCUT2D eigenvalue weighted by atomic mass is 10.0. The van der Waals surface area contributed by atoms with E-state index in [2.05, 4.69) is 16.2 Å². The van der Waals surface area contributed by atoms with Gasteiger partial charge in [0.2, 0.25) is 11.8 Å². The number of carbonyl (C=O) groups is 1. The minimum atomic E-state index is 0.105. The van der Waals surface area contributed by atoms with E-state index >= 15 is 0 Å². The highest BCUT2D eigenvalue weighted by atomic mass is 32.2. The summed E-state index contributed by atoms with van der Waals surface area (Å²) in [6.45, 7) is 0.344. The van der Waals surface area contributed by atoms with E-state index in [4.69, 9.17) is 4.52 Å². The van der Waals surface area contributed by atoms with Gasteiger partial charge in [0, 0.05) is 12.1 Å². The maximum absolute atomic E-state index is 12.1. The molecular weight excluding hydrogens is 274 g/mol. The highest BCUT2D eigenvalue weighted by Crippen LogP contribution is 2.28. The van der Waals surface area contributed by atoms with Gasteiger partial charge >= 0.3 is 0 Å². The van der Waals surface area contributed by atoms with Gasteiger partial charge in [0.05, 0.1) is 5.75 Å². The molecule has 6 heteroatoms. The average molecular weight is 289 g/mol. The van der Waals surface area contributed by atoms with Crippen molar-refractivity contribution in [2.24, 2.45) is 0 Å². The predicted molar refractivity (Wildman–Crippen MR) is 77.5 cm³/mol. The largest absolute Gasteiger partial charge is 0.337 e. The Morgan fingerprint density at radius 1 is 1.35 bits per heavy atom. The van der Waals surface area contributed by atoms with Gasteiger partial charge in [0.15, 0.2) is 5.82 Å². The molecule has 1 amide bonds. The van der Waals surface area contributed by atoms with Crippen molar-refractivity contribution in [1.82, 2.24) is 10.1 Å². The quantitative estimate of drug-likeness (QED) is 0.865. The second-order valence-electron chi connectivity index (χ2n) is 4.65. The van der Waals surface area contributed by atoms with Crippen molar-refractivity contribution in [3.8, 4) is 0 Å². The second kappa shape index (κ2) is 5.66. The van der Waals surface area contributed by atoms with E-state index in [1.165, 1.54) is 5.56 Å². The van der Waals surface area contributed by atoms with Gasteiger partial charge in [-0.05, 0) is 24.3 Å². The summed E-state index contributed by atoms with van der Waals surface area (Å²) in [7, 11) is 0. The number of thioether (sulfide) groups is 1. The topological polar surface area (TPSA) is 59.2 Å². The maximum Gasteiger partial charge on any atom is 0.246 e. The maximum atomic E-state index is 12.1. The number of aromatic nitrogens is 2. The zero-order valence-electron chi connectivity index (χ0n) is 11.2. The minimum absolute atomic E-state index is 0.105. The molecule has 3 rings (SSSR count). The SMILES string of the molecule is CSCc1noc(CN2C(=O)CCc3ccccc32)n1. The van der Waals surface area contributed by atoms with E-state index in [1.54, 1.807) is 16.7 Å². The molecule has 2 aromatic rings. The Labute approximate surface area is 121 Å². The third-order valence-corrected chi connectivity index (χ3v) is 3.82. The summed E-state index contributed by atoms with van der Waals surface area (Å²) in [5.41, 5.74) is 2.14. The molecule has 0 atom stereocenters. The van der Waals surface area contributed by atoms with Crippen LogP contribution in [0, 0.1) is 0 Å². The van der Waals surface area contributed by atoms with E-state index in [0.717, 1.165) is 12.1 Å². The first-order chi connectivity index (χ1) is 9.78. The highest BCUT2D eigenvalue weighted by molar-refractivity contribution is 7.97. The summed E-state index contributed by atoms with van der Waals surface area (Å²) in [5, 5.41) is 3.91. The summed E-state index contributed by atoms with van der Waals surface area (Å²) < 4.78 is 5.21. The van der Waals surface area contributed by atoms with Crippen molar-refractivity contribution in [1.29, 1.82) is 0 Å². The number of anilines is 1. The number of amides is 1. The van der Waals surface area contributed by atoms with Crippen LogP contribution in [0.4, 0.5) is 5.69 Å². The summed E-state index contributed by atoms with van der Waals surface area (Å²) in [6, 6.07) is 7.96. The van der Waals surface area contributed by atoms with Gasteiger partial charge in [0.25, 0.3) is 0 Å². The molecule has 104 valence electrons. The molecule has 1 aliphatic rings. The van der Waals surface area contributed by atoms with Crippen LogP contribution in [0.1, 0.15) is 23.7 Å². The van der Waals surface area contributed by atoms with Gasteiger partial charge in [-0.25, -0.2) is 0 Å². The normalized spacial score (nSPS) is 14.4. The van der Waals surface area contributed by atoms with E-state index in [-0.39, 0.29) is 5.91 Å². The number of hydrogen-bond donors (Lipinski definition) is 0. The first-order valence-electron chi connectivity index (χ1n) is 6.46. The molecule has 0 unspecified atom stereocenters. The molecule has 0 aliphatic carbocycles. The number of nitrogens with zero attached hydrogens (tertiary/aromatic N) is 3. The zero-order valence-corrected chi connectivity index (χ0v) is 12.0. The fourth-order valence-corrected chi connectivity index (χ4v) is 2.72. The molecular formula is C14H15N3O2S. The first kappa shape index (κ1) is 13.2. The number of carbonyl (C=O) groups excluding carboxylic acids is 1. The minimum Gasteiger partial charge on any atom is -0.337 e. The van der Waals surface area contributed by atoms with Gasteiger partial charge in [-0.1, -0.05) is 23.4 Å². The van der Waals surface area contributed by atoms with Gasteiger partial charge in [-0.3, -0.25) is 4.79 Å².